The topological polar surface area (TPSA) is 281 Å². The Bertz CT molecular complexity index is 1610. The number of carbonyl (C=O) groups excluding carboxylic acids is 2. The quantitative estimate of drug-likeness (QED) is 0.0837. The smallest absolute Gasteiger partial charge is 0.320 e. The van der Waals surface area contributed by atoms with Crippen molar-refractivity contribution in [1.82, 2.24) is 30.2 Å². The van der Waals surface area contributed by atoms with E-state index in [4.69, 9.17) is 0 Å². The van der Waals surface area contributed by atoms with Crippen molar-refractivity contribution in [2.24, 2.45) is 46.3 Å². The van der Waals surface area contributed by atoms with Gasteiger partial charge in [-0.05, 0) is 111 Å². The molecule has 19 nitrogen and oxygen atoms in total. The zero-order chi connectivity index (χ0) is 46.9. The lowest BCUT2D eigenvalue weighted by molar-refractivity contribution is -0.207. The molecule has 1 aliphatic heterocycles. The molecule has 0 aromatic heterocycles. The van der Waals surface area contributed by atoms with Gasteiger partial charge in [0.1, 0.15) is 6.04 Å². The van der Waals surface area contributed by atoms with Crippen LogP contribution in [0, 0.1) is 46.3 Å². The van der Waals surface area contributed by atoms with E-state index in [0.29, 0.717) is 25.7 Å². The first kappa shape index (κ1) is 51.5. The predicted molar refractivity (Wildman–Crippen MR) is 233 cm³/mol. The van der Waals surface area contributed by atoms with Gasteiger partial charge in [-0.1, -0.05) is 20.8 Å². The second-order valence-corrected chi connectivity index (χ2v) is 20.2. The molecular weight excluding hydrogens is 833 g/mol. The number of amides is 2. The van der Waals surface area contributed by atoms with E-state index in [2.05, 4.69) is 31.4 Å². The molecule has 0 radical (unpaired) electrons. The third kappa shape index (κ3) is 12.9. The fourth-order valence-electron chi connectivity index (χ4n) is 12.9. The number of hydrogen-bond acceptors (Lipinski definition) is 13. The van der Waals surface area contributed by atoms with Crippen molar-refractivity contribution in [3.63, 3.8) is 0 Å². The maximum Gasteiger partial charge on any atom is 0.320 e. The SMILES string of the molecule is C[C@H](CCC(=O)NCC(=O)NCCCC(C(=O)O)N1CCN(CC(=O)O)CCN(CC(=O)O)CCN(CC(=O)O)CC1)[C@H]1CC[C@H]2[C@@H]3C(O)C[C@@H]4C[C@H](O)CC[C@]4(C)[C@H]3C[C@H](O)[C@]12C. The lowest BCUT2D eigenvalue weighted by atomic mass is 9.43. The molecule has 2 amide bonds. The van der Waals surface area contributed by atoms with Crippen LogP contribution in [-0.4, -0.2) is 200 Å². The molecule has 5 fully saturated rings. The minimum atomic E-state index is -1.12. The highest BCUT2D eigenvalue weighted by Crippen LogP contribution is 2.68. The minimum absolute atomic E-state index is 0.00682. The molecule has 1 heterocycles. The van der Waals surface area contributed by atoms with E-state index in [1.54, 1.807) is 19.6 Å². The number of aliphatic hydroxyl groups excluding tert-OH is 3. The van der Waals surface area contributed by atoms with E-state index in [1.165, 1.54) is 0 Å². The number of nitrogens with one attached hydrogen (secondary N) is 2. The molecule has 4 saturated carbocycles. The highest BCUT2D eigenvalue weighted by Gasteiger charge is 2.65. The summed E-state index contributed by atoms with van der Waals surface area (Å²) in [5, 5.41) is 78.0. The van der Waals surface area contributed by atoms with E-state index < -0.39 is 48.0 Å². The predicted octanol–water partition coefficient (Wildman–Crippen LogP) is 0.305. The fourth-order valence-corrected chi connectivity index (χ4v) is 12.9. The van der Waals surface area contributed by atoms with Crippen LogP contribution in [0.25, 0.3) is 0 Å². The van der Waals surface area contributed by atoms with Gasteiger partial charge >= 0.3 is 23.9 Å². The largest absolute Gasteiger partial charge is 0.480 e. The molecule has 64 heavy (non-hydrogen) atoms. The van der Waals surface area contributed by atoms with Crippen molar-refractivity contribution in [3.8, 4) is 0 Å². The number of rotatable bonds is 18. The highest BCUT2D eigenvalue weighted by molar-refractivity contribution is 5.84. The zero-order valence-electron chi connectivity index (χ0n) is 38.1. The van der Waals surface area contributed by atoms with Gasteiger partial charge in [0.2, 0.25) is 11.8 Å². The van der Waals surface area contributed by atoms with E-state index in [-0.39, 0.29) is 163 Å². The molecule has 0 aromatic rings. The Morgan fingerprint density at radius 3 is 1.78 bits per heavy atom. The van der Waals surface area contributed by atoms with E-state index in [0.717, 1.165) is 25.7 Å². The number of hydrogen-bond donors (Lipinski definition) is 9. The summed E-state index contributed by atoms with van der Waals surface area (Å²) in [6.45, 7) is 7.07. The first-order valence-corrected chi connectivity index (χ1v) is 23.6. The molecule has 4 aliphatic carbocycles. The molecule has 5 aliphatic rings. The molecule has 12 atom stereocenters. The van der Waals surface area contributed by atoms with Gasteiger partial charge in [0.05, 0.1) is 44.5 Å². The highest BCUT2D eigenvalue weighted by atomic mass is 16.4. The Hall–Kier alpha value is -3.46. The van der Waals surface area contributed by atoms with Crippen LogP contribution >= 0.6 is 0 Å². The lowest BCUT2D eigenvalue weighted by Crippen LogP contribution is -2.62. The molecule has 2 unspecified atom stereocenters. The van der Waals surface area contributed by atoms with Crippen molar-refractivity contribution in [3.05, 3.63) is 0 Å². The second-order valence-electron chi connectivity index (χ2n) is 20.2. The third-order valence-corrected chi connectivity index (χ3v) is 16.4. The van der Waals surface area contributed by atoms with Gasteiger partial charge < -0.3 is 46.4 Å². The molecule has 9 N–H and O–H groups in total. The van der Waals surface area contributed by atoms with Crippen molar-refractivity contribution in [1.29, 1.82) is 0 Å². The van der Waals surface area contributed by atoms with Crippen LogP contribution in [0.1, 0.15) is 91.4 Å². The first-order valence-electron chi connectivity index (χ1n) is 23.6. The zero-order valence-corrected chi connectivity index (χ0v) is 38.1. The first-order chi connectivity index (χ1) is 30.2. The molecule has 0 aromatic carbocycles. The lowest BCUT2D eigenvalue weighted by Gasteiger charge is -2.63. The Morgan fingerprint density at radius 1 is 0.672 bits per heavy atom. The second kappa shape index (κ2) is 22.8. The average Bonchev–Trinajstić information content (AvgIpc) is 3.58. The Morgan fingerprint density at radius 2 is 1.23 bits per heavy atom. The molecule has 1 saturated heterocycles. The molecule has 0 spiro atoms. The summed E-state index contributed by atoms with van der Waals surface area (Å²) in [7, 11) is 0. The van der Waals surface area contributed by atoms with Crippen molar-refractivity contribution in [2.45, 2.75) is 116 Å². The molecule has 19 heteroatoms. The normalized spacial score (nSPS) is 34.4. The Kier molecular flexibility index (Phi) is 18.4. The number of aliphatic carboxylic acids is 4. The minimum Gasteiger partial charge on any atom is -0.480 e. The van der Waals surface area contributed by atoms with Crippen LogP contribution in [0.3, 0.4) is 0 Å². The van der Waals surface area contributed by atoms with Crippen LogP contribution in [-0.2, 0) is 28.8 Å². The maximum absolute atomic E-state index is 13.0. The van der Waals surface area contributed by atoms with Crippen molar-refractivity contribution < 1.29 is 64.5 Å². The van der Waals surface area contributed by atoms with Crippen molar-refractivity contribution >= 4 is 35.7 Å². The number of carboxylic acid groups (broad SMARTS) is 4. The molecule has 0 bridgehead atoms. The van der Waals surface area contributed by atoms with Crippen LogP contribution < -0.4 is 10.6 Å². The van der Waals surface area contributed by atoms with Crippen LogP contribution in [0.5, 0.6) is 0 Å². The monoisotopic (exact) mass is 909 g/mol. The third-order valence-electron chi connectivity index (χ3n) is 16.4. The van der Waals surface area contributed by atoms with Gasteiger partial charge in [-0.3, -0.25) is 48.4 Å². The summed E-state index contributed by atoms with van der Waals surface area (Å²) >= 11 is 0. The van der Waals surface area contributed by atoms with Crippen LogP contribution in [0.4, 0.5) is 0 Å². The summed E-state index contributed by atoms with van der Waals surface area (Å²) in [6.07, 6.45) is 5.47. The van der Waals surface area contributed by atoms with Gasteiger partial charge in [0.15, 0.2) is 0 Å². The number of aliphatic hydroxyl groups is 3. The summed E-state index contributed by atoms with van der Waals surface area (Å²) < 4.78 is 0. The summed E-state index contributed by atoms with van der Waals surface area (Å²) in [5.41, 5.74) is -0.388. The van der Waals surface area contributed by atoms with Gasteiger partial charge in [0.25, 0.3) is 0 Å². The average molecular weight is 909 g/mol. The fraction of sp³-hybridized carbons (Fsp3) is 0.867. The Labute approximate surface area is 376 Å². The van der Waals surface area contributed by atoms with Crippen LogP contribution in [0.2, 0.25) is 0 Å². The summed E-state index contributed by atoms with van der Waals surface area (Å²) in [4.78, 5) is 79.7. The number of carboxylic acids is 4. The van der Waals surface area contributed by atoms with Gasteiger partial charge in [-0.15, -0.1) is 0 Å². The summed E-state index contributed by atoms with van der Waals surface area (Å²) in [5.74, 6) is -4.00. The maximum atomic E-state index is 13.0. The van der Waals surface area contributed by atoms with E-state index in [9.17, 15) is 64.5 Å². The molecule has 5 rings (SSSR count). The van der Waals surface area contributed by atoms with E-state index >= 15 is 0 Å². The molecule has 364 valence electrons. The van der Waals surface area contributed by atoms with Gasteiger partial charge in [0, 0.05) is 65.3 Å². The number of nitrogens with zero attached hydrogens (tertiary/aromatic N) is 4. The molecular formula is C45H76N6O13. The standard InChI is InChI=1S/C45H76N6O13/c1-28(31-7-8-32-42-33(23-36(54)45(31,32)3)44(2)11-10-30(52)21-29(44)22-35(42)53)6-9-37(55)47-24-38(56)46-12-4-5-34(43(63)64)51-19-17-49(26-40(59)60)15-13-48(25-39(57)58)14-16-50(18-20-51)27-41(61)62/h28-36,42,52-54H,4-27H2,1-3H3,(H,46,56)(H,47,55)(H,57,58)(H,59,60)(H,61,62)(H,63,64)/t28-,29+,30-,31-,32+,33+,34?,35?,36+,42+,44+,45-/m1/s1. The Balaban J connectivity index is 1.08. The van der Waals surface area contributed by atoms with Crippen LogP contribution in [0.15, 0.2) is 0 Å². The number of carbonyl (C=O) groups is 6. The van der Waals surface area contributed by atoms with E-state index in [1.807, 2.05) is 0 Å². The number of fused-ring (bicyclic) bond motifs is 5. The van der Waals surface area contributed by atoms with Crippen molar-refractivity contribution in [2.75, 3.05) is 85.1 Å². The summed E-state index contributed by atoms with van der Waals surface area (Å²) in [6, 6.07) is -1.02. The van der Waals surface area contributed by atoms with Gasteiger partial charge in [-0.25, -0.2) is 0 Å². The van der Waals surface area contributed by atoms with Gasteiger partial charge in [-0.2, -0.15) is 0 Å².